The summed E-state index contributed by atoms with van der Waals surface area (Å²) >= 11 is 6.02. The Kier molecular flexibility index (Phi) is 4.40. The van der Waals surface area contributed by atoms with Gasteiger partial charge in [0.05, 0.1) is 6.04 Å². The average molecular weight is 401 g/mol. The fraction of sp³-hybridized carbons (Fsp3) is 0.160. The van der Waals surface area contributed by atoms with Crippen molar-refractivity contribution in [2.24, 2.45) is 7.05 Å². The monoisotopic (exact) mass is 400 g/mol. The fourth-order valence-corrected chi connectivity index (χ4v) is 4.55. The predicted octanol–water partition coefficient (Wildman–Crippen LogP) is 5.62. The lowest BCUT2D eigenvalue weighted by atomic mass is 9.97. The van der Waals surface area contributed by atoms with Crippen LogP contribution in [-0.2, 0) is 13.5 Å². The Hall–Kier alpha value is -3.04. The third-order valence-corrected chi connectivity index (χ3v) is 6.09. The number of amides is 1. The molecule has 144 valence electrons. The maximum atomic E-state index is 13.3. The Morgan fingerprint density at radius 3 is 2.45 bits per heavy atom. The normalized spacial score (nSPS) is 15.9. The molecule has 1 amide bonds. The molecule has 3 aromatic carbocycles. The van der Waals surface area contributed by atoms with Crippen LogP contribution in [0, 0.1) is 0 Å². The molecule has 1 aromatic heterocycles. The number of aryl methyl sites for hydroxylation is 1. The molecular formula is C25H21ClN2O. The van der Waals surface area contributed by atoms with Gasteiger partial charge < -0.3 is 9.47 Å². The highest BCUT2D eigenvalue weighted by atomic mass is 35.5. The van der Waals surface area contributed by atoms with E-state index in [1.54, 1.807) is 0 Å². The Morgan fingerprint density at radius 2 is 1.62 bits per heavy atom. The minimum Gasteiger partial charge on any atom is -0.350 e. The third-order valence-electron chi connectivity index (χ3n) is 5.84. The van der Waals surface area contributed by atoms with E-state index in [2.05, 4.69) is 48.1 Å². The van der Waals surface area contributed by atoms with Crippen LogP contribution in [0.25, 0.3) is 10.9 Å². The van der Waals surface area contributed by atoms with Crippen molar-refractivity contribution in [3.05, 3.63) is 106 Å². The van der Waals surface area contributed by atoms with Crippen LogP contribution in [0.1, 0.15) is 33.1 Å². The van der Waals surface area contributed by atoms with Gasteiger partial charge in [0, 0.05) is 46.8 Å². The Bertz CT molecular complexity index is 1210. The third kappa shape index (κ3) is 3.02. The molecule has 4 heteroatoms. The number of hydrogen-bond donors (Lipinski definition) is 0. The topological polar surface area (TPSA) is 25.2 Å². The van der Waals surface area contributed by atoms with Crippen LogP contribution in [0.4, 0.5) is 0 Å². The van der Waals surface area contributed by atoms with E-state index < -0.39 is 0 Å². The molecule has 0 bridgehead atoms. The van der Waals surface area contributed by atoms with Gasteiger partial charge in [-0.2, -0.15) is 0 Å². The highest BCUT2D eigenvalue weighted by molar-refractivity contribution is 6.30. The standard InChI is InChI=1S/C25H21ClN2O/c1-27-16-22(19-6-4-5-9-23(19)27)24-20-7-2-3-8-21(20)25(29)28(24)15-14-17-10-12-18(26)13-11-17/h2-13,16,24H,14-15H2,1H3. The number of benzene rings is 3. The number of halogens is 1. The van der Waals surface area contributed by atoms with Gasteiger partial charge in [-0.3, -0.25) is 4.79 Å². The van der Waals surface area contributed by atoms with Crippen molar-refractivity contribution in [2.75, 3.05) is 6.54 Å². The number of carbonyl (C=O) groups excluding carboxylic acids is 1. The number of hydrogen-bond acceptors (Lipinski definition) is 1. The van der Waals surface area contributed by atoms with Gasteiger partial charge in [0.2, 0.25) is 0 Å². The second-order valence-electron chi connectivity index (χ2n) is 7.58. The van der Waals surface area contributed by atoms with Crippen LogP contribution in [0.5, 0.6) is 0 Å². The SMILES string of the molecule is Cn1cc(C2c3ccccc3C(=O)N2CCc2ccc(Cl)cc2)c2ccccc21. The van der Waals surface area contributed by atoms with Gasteiger partial charge in [-0.15, -0.1) is 0 Å². The van der Waals surface area contributed by atoms with Gasteiger partial charge in [0.25, 0.3) is 5.91 Å². The van der Waals surface area contributed by atoms with Crippen molar-refractivity contribution >= 4 is 28.4 Å². The minimum absolute atomic E-state index is 0.0721. The van der Waals surface area contributed by atoms with Crippen molar-refractivity contribution in [2.45, 2.75) is 12.5 Å². The Labute approximate surface area is 175 Å². The van der Waals surface area contributed by atoms with E-state index in [-0.39, 0.29) is 11.9 Å². The highest BCUT2D eigenvalue weighted by Gasteiger charge is 2.38. The summed E-state index contributed by atoms with van der Waals surface area (Å²) in [6.45, 7) is 0.656. The molecule has 1 aliphatic heterocycles. The second kappa shape index (κ2) is 7.09. The zero-order valence-electron chi connectivity index (χ0n) is 16.2. The van der Waals surface area contributed by atoms with Crippen molar-refractivity contribution < 1.29 is 4.79 Å². The number of para-hydroxylation sites is 1. The maximum absolute atomic E-state index is 13.3. The molecule has 0 N–H and O–H groups in total. The van der Waals surface area contributed by atoms with Crippen molar-refractivity contribution in [3.63, 3.8) is 0 Å². The van der Waals surface area contributed by atoms with Gasteiger partial charge in [-0.1, -0.05) is 60.1 Å². The summed E-state index contributed by atoms with van der Waals surface area (Å²) in [5, 5.41) is 1.92. The van der Waals surface area contributed by atoms with Crippen molar-refractivity contribution in [1.29, 1.82) is 0 Å². The van der Waals surface area contributed by atoms with Crippen molar-refractivity contribution in [3.8, 4) is 0 Å². The molecule has 4 aromatic rings. The summed E-state index contributed by atoms with van der Waals surface area (Å²) < 4.78 is 2.15. The fourth-order valence-electron chi connectivity index (χ4n) is 4.43. The molecule has 1 atom stereocenters. The molecule has 1 aliphatic rings. The molecule has 5 rings (SSSR count). The van der Waals surface area contributed by atoms with Crippen LogP contribution < -0.4 is 0 Å². The van der Waals surface area contributed by atoms with E-state index in [1.807, 2.05) is 47.4 Å². The Balaban J connectivity index is 1.57. The lowest BCUT2D eigenvalue weighted by Gasteiger charge is -2.25. The minimum atomic E-state index is -0.0721. The molecule has 3 nitrogen and oxygen atoms in total. The Morgan fingerprint density at radius 1 is 0.897 bits per heavy atom. The first-order valence-corrected chi connectivity index (χ1v) is 10.2. The molecule has 0 aliphatic carbocycles. The van der Waals surface area contributed by atoms with Gasteiger partial charge in [-0.05, 0) is 41.8 Å². The zero-order chi connectivity index (χ0) is 20.0. The number of aromatic nitrogens is 1. The van der Waals surface area contributed by atoms with Crippen LogP contribution in [0.15, 0.2) is 79.0 Å². The number of nitrogens with zero attached hydrogens (tertiary/aromatic N) is 2. The van der Waals surface area contributed by atoms with Gasteiger partial charge in [0.15, 0.2) is 0 Å². The molecule has 0 saturated heterocycles. The smallest absolute Gasteiger partial charge is 0.255 e. The van der Waals surface area contributed by atoms with Gasteiger partial charge in [-0.25, -0.2) is 0 Å². The quantitative estimate of drug-likeness (QED) is 0.436. The van der Waals surface area contributed by atoms with Gasteiger partial charge in [0.1, 0.15) is 0 Å². The van der Waals surface area contributed by atoms with E-state index in [1.165, 1.54) is 22.0 Å². The summed E-state index contributed by atoms with van der Waals surface area (Å²) in [6, 6.07) is 24.2. The van der Waals surface area contributed by atoms with Crippen LogP contribution >= 0.6 is 11.6 Å². The molecule has 0 fully saturated rings. The molecular weight excluding hydrogens is 380 g/mol. The summed E-state index contributed by atoms with van der Waals surface area (Å²) in [5.74, 6) is 0.104. The van der Waals surface area contributed by atoms with Crippen LogP contribution in [0.3, 0.4) is 0 Å². The first-order valence-electron chi connectivity index (χ1n) is 9.82. The number of fused-ring (bicyclic) bond motifs is 2. The lowest BCUT2D eigenvalue weighted by molar-refractivity contribution is 0.0752. The molecule has 29 heavy (non-hydrogen) atoms. The molecule has 0 radical (unpaired) electrons. The van der Waals surface area contributed by atoms with E-state index in [0.29, 0.717) is 6.54 Å². The number of rotatable bonds is 4. The average Bonchev–Trinajstić information content (AvgIpc) is 3.22. The molecule has 0 saturated carbocycles. The summed E-state index contributed by atoms with van der Waals surface area (Å²) in [6.07, 6.45) is 2.96. The molecule has 1 unspecified atom stereocenters. The van der Waals surface area contributed by atoms with E-state index in [4.69, 9.17) is 11.6 Å². The van der Waals surface area contributed by atoms with Crippen LogP contribution in [-0.4, -0.2) is 21.9 Å². The first-order chi connectivity index (χ1) is 14.1. The van der Waals surface area contributed by atoms with E-state index in [0.717, 1.165) is 22.6 Å². The summed E-state index contributed by atoms with van der Waals surface area (Å²) in [7, 11) is 2.06. The number of carbonyl (C=O) groups is 1. The molecule has 0 spiro atoms. The van der Waals surface area contributed by atoms with Gasteiger partial charge >= 0.3 is 0 Å². The van der Waals surface area contributed by atoms with Crippen molar-refractivity contribution in [1.82, 2.24) is 9.47 Å². The van der Waals surface area contributed by atoms with E-state index >= 15 is 0 Å². The first kappa shape index (κ1) is 18.0. The molecule has 2 heterocycles. The van der Waals surface area contributed by atoms with E-state index in [9.17, 15) is 4.79 Å². The lowest BCUT2D eigenvalue weighted by Crippen LogP contribution is -2.30. The van der Waals surface area contributed by atoms with Crippen LogP contribution in [0.2, 0.25) is 5.02 Å². The zero-order valence-corrected chi connectivity index (χ0v) is 16.9. The summed E-state index contributed by atoms with van der Waals surface area (Å²) in [4.78, 5) is 15.3. The highest BCUT2D eigenvalue weighted by Crippen LogP contribution is 2.41. The predicted molar refractivity (Wildman–Crippen MR) is 117 cm³/mol. The largest absolute Gasteiger partial charge is 0.350 e. The second-order valence-corrected chi connectivity index (χ2v) is 8.01. The maximum Gasteiger partial charge on any atom is 0.255 e. The summed E-state index contributed by atoms with van der Waals surface area (Å²) in [5.41, 5.74) is 5.43.